The van der Waals surface area contributed by atoms with Gasteiger partial charge in [0.15, 0.2) is 0 Å². The summed E-state index contributed by atoms with van der Waals surface area (Å²) >= 11 is 6.89. The van der Waals surface area contributed by atoms with Crippen LogP contribution in [0.1, 0.15) is 77.1 Å². The highest BCUT2D eigenvalue weighted by atomic mass is 35.5. The molecule has 7 rings (SSSR count). The zero-order chi connectivity index (χ0) is 41.4. The van der Waals surface area contributed by atoms with Crippen LogP contribution in [0.2, 0.25) is 5.02 Å². The van der Waals surface area contributed by atoms with Crippen LogP contribution in [0.15, 0.2) is 59.3 Å². The number of benzene rings is 2. The van der Waals surface area contributed by atoms with Crippen molar-refractivity contribution in [2.75, 3.05) is 27.2 Å². The average molecular weight is 813 g/mol. The summed E-state index contributed by atoms with van der Waals surface area (Å²) in [6.07, 6.45) is 4.78. The van der Waals surface area contributed by atoms with E-state index in [1.807, 2.05) is 70.2 Å². The number of nitrogens with one attached hydrogen (secondary N) is 3. The fourth-order valence-electron chi connectivity index (χ4n) is 8.23. The highest BCUT2D eigenvalue weighted by molar-refractivity contribution is 6.33. The molecule has 0 radical (unpaired) electrons. The van der Waals surface area contributed by atoms with Crippen molar-refractivity contribution in [3.05, 3.63) is 71.5 Å². The maximum atomic E-state index is 13.7. The third-order valence-corrected chi connectivity index (χ3v) is 11.6. The molecule has 4 N–H and O–H groups in total. The molecule has 5 heterocycles. The predicted molar refractivity (Wildman–Crippen MR) is 218 cm³/mol. The topological polar surface area (TPSA) is 190 Å². The number of aromatic amines is 2. The number of amides is 4. The van der Waals surface area contributed by atoms with Crippen LogP contribution in [0.3, 0.4) is 0 Å². The average Bonchev–Trinajstić information content (AvgIpc) is 4.05. The number of likely N-dealkylation sites (tertiary alicyclic amines) is 2. The number of fused-ring (bicyclic) bond motifs is 1. The zero-order valence-electron chi connectivity index (χ0n) is 33.4. The summed E-state index contributed by atoms with van der Waals surface area (Å²) in [5, 5.41) is 13.6. The van der Waals surface area contributed by atoms with Gasteiger partial charge in [-0.1, -0.05) is 45.4 Å². The number of imidazole rings is 2. The number of halogens is 1. The fourth-order valence-corrected chi connectivity index (χ4v) is 8.50. The molecule has 58 heavy (non-hydrogen) atoms. The van der Waals surface area contributed by atoms with Crippen molar-refractivity contribution in [3.63, 3.8) is 0 Å². The van der Waals surface area contributed by atoms with Gasteiger partial charge in [-0.2, -0.15) is 0 Å². The van der Waals surface area contributed by atoms with Crippen LogP contribution in [0.4, 0.5) is 9.59 Å². The smallest absolute Gasteiger partial charge is 0.407 e. The zero-order valence-corrected chi connectivity index (χ0v) is 34.2. The Morgan fingerprint density at radius 3 is 2.02 bits per heavy atom. The van der Waals surface area contributed by atoms with Crippen LogP contribution < -0.4 is 5.32 Å². The number of likely N-dealkylation sites (N-methyl/N-ethyl adjacent to an activating group) is 1. The minimum Gasteiger partial charge on any atom is -0.465 e. The number of methoxy groups -OCH3 is 1. The molecule has 2 saturated heterocycles. The van der Waals surface area contributed by atoms with E-state index < -0.39 is 24.3 Å². The van der Waals surface area contributed by atoms with E-state index in [2.05, 4.69) is 25.3 Å². The van der Waals surface area contributed by atoms with Gasteiger partial charge in [0, 0.05) is 42.2 Å². The molecule has 0 saturated carbocycles. The predicted octanol–water partition coefficient (Wildman–Crippen LogP) is 7.88. The van der Waals surface area contributed by atoms with Gasteiger partial charge < -0.3 is 39.3 Å². The highest BCUT2D eigenvalue weighted by Gasteiger charge is 2.40. The molecule has 0 aliphatic carbocycles. The first-order chi connectivity index (χ1) is 27.7. The number of hydrogen-bond donors (Lipinski definition) is 4. The Kier molecular flexibility index (Phi) is 11.5. The van der Waals surface area contributed by atoms with Gasteiger partial charge in [-0.15, -0.1) is 0 Å². The number of nitrogens with zero attached hydrogens (tertiary/aromatic N) is 5. The molecule has 2 fully saturated rings. The summed E-state index contributed by atoms with van der Waals surface area (Å²) in [4.78, 5) is 71.7. The molecule has 4 amide bonds. The number of alkyl carbamates (subject to hydrolysis) is 1. The van der Waals surface area contributed by atoms with E-state index in [4.69, 9.17) is 20.8 Å². The first-order valence-corrected chi connectivity index (χ1v) is 20.0. The van der Waals surface area contributed by atoms with E-state index >= 15 is 0 Å². The number of carbonyl (C=O) groups excluding carboxylic acids is 3. The van der Waals surface area contributed by atoms with Gasteiger partial charge in [0.2, 0.25) is 11.8 Å². The van der Waals surface area contributed by atoms with Gasteiger partial charge in [0.25, 0.3) is 0 Å². The molecular formula is C42H49ClN8O7. The van der Waals surface area contributed by atoms with Gasteiger partial charge in [0.1, 0.15) is 35.1 Å². The minimum absolute atomic E-state index is 0.132. The van der Waals surface area contributed by atoms with E-state index in [1.54, 1.807) is 22.2 Å². The van der Waals surface area contributed by atoms with Crippen LogP contribution in [0.25, 0.3) is 44.8 Å². The lowest BCUT2D eigenvalue weighted by atomic mass is 10.0. The van der Waals surface area contributed by atoms with Crippen molar-refractivity contribution < 1.29 is 33.4 Å². The maximum absolute atomic E-state index is 13.7. The molecule has 4 atom stereocenters. The Hall–Kier alpha value is -5.83. The molecule has 2 aliphatic heterocycles. The summed E-state index contributed by atoms with van der Waals surface area (Å²) in [6.45, 7) is 8.56. The second kappa shape index (κ2) is 16.6. The van der Waals surface area contributed by atoms with Crippen molar-refractivity contribution in [1.82, 2.24) is 40.0 Å². The summed E-state index contributed by atoms with van der Waals surface area (Å²) in [5.74, 6) is 1.21. The molecule has 0 unspecified atom stereocenters. The Morgan fingerprint density at radius 1 is 0.879 bits per heavy atom. The second-order valence-corrected chi connectivity index (χ2v) is 16.1. The van der Waals surface area contributed by atoms with Crippen LogP contribution in [0, 0.1) is 11.8 Å². The first kappa shape index (κ1) is 40.4. The van der Waals surface area contributed by atoms with Crippen molar-refractivity contribution in [2.45, 2.75) is 77.5 Å². The fraction of sp³-hybridized carbons (Fsp3) is 0.429. The number of carbonyl (C=O) groups is 4. The van der Waals surface area contributed by atoms with Crippen molar-refractivity contribution >= 4 is 46.6 Å². The Balaban J connectivity index is 1.06. The largest absolute Gasteiger partial charge is 0.465 e. The highest BCUT2D eigenvalue weighted by Crippen LogP contribution is 2.38. The summed E-state index contributed by atoms with van der Waals surface area (Å²) in [5.41, 5.74) is 4.65. The summed E-state index contributed by atoms with van der Waals surface area (Å²) in [6, 6.07) is 11.4. The van der Waals surface area contributed by atoms with E-state index in [1.165, 1.54) is 14.2 Å². The minimum atomic E-state index is -1.14. The molecule has 2 aromatic carbocycles. The van der Waals surface area contributed by atoms with E-state index in [-0.39, 0.29) is 35.7 Å². The summed E-state index contributed by atoms with van der Waals surface area (Å²) in [7, 11) is 2.71. The molecule has 306 valence electrons. The van der Waals surface area contributed by atoms with Crippen LogP contribution in [-0.4, -0.2) is 103 Å². The molecule has 3 aromatic heterocycles. The Bertz CT molecular complexity index is 2330. The Labute approximate surface area is 341 Å². The number of hydrogen-bond acceptors (Lipinski definition) is 8. The lowest BCUT2D eigenvalue weighted by Crippen LogP contribution is -2.51. The second-order valence-electron chi connectivity index (χ2n) is 15.7. The Morgan fingerprint density at radius 2 is 1.47 bits per heavy atom. The molecule has 16 heteroatoms. The van der Waals surface area contributed by atoms with E-state index in [0.717, 1.165) is 64.0 Å². The number of carboxylic acid groups (broad SMARTS) is 1. The SMILES string of the molecule is COC(=O)N[C@H](C(=O)N1CCC[C@H]1c1ncc(-c2ccc(-c3cc4cc(-c5cnc([C@@H]6CCCN6C(=O)[C@H](C(C)C)N(C)C(=O)O)[nH]5)ccc4o3)c(Cl)c2)[nH]1)C(C)C. The normalized spacial score (nSPS) is 17.9. The lowest BCUT2D eigenvalue weighted by Gasteiger charge is -2.33. The van der Waals surface area contributed by atoms with Gasteiger partial charge in [0.05, 0.1) is 48.0 Å². The standard InChI is InChI=1S/C42H49ClN8O7/c1-22(2)35(48-41(54)57-6)39(52)50-15-7-9-31(50)37-45-21-30(47-37)25-11-13-27(28(43)18-25)34-19-26-17-24(12-14-33(26)58-34)29-20-44-38(46-29)32-10-8-16-51(32)40(53)36(23(3)4)49(5)42(55)56/h11-14,17-23,31-32,35-36H,7-10,15-16H2,1-6H3,(H,44,46)(H,45,47)(H,48,54)(H,55,56)/t31-,32-,35-,36-/m0/s1. The van der Waals surface area contributed by atoms with E-state index in [0.29, 0.717) is 41.1 Å². The van der Waals surface area contributed by atoms with Gasteiger partial charge >= 0.3 is 12.2 Å². The van der Waals surface area contributed by atoms with Crippen molar-refractivity contribution in [1.29, 1.82) is 0 Å². The third kappa shape index (κ3) is 7.87. The monoisotopic (exact) mass is 812 g/mol. The quantitative estimate of drug-likeness (QED) is 0.103. The number of ether oxygens (including phenoxy) is 1. The third-order valence-electron chi connectivity index (χ3n) is 11.3. The molecule has 0 bridgehead atoms. The van der Waals surface area contributed by atoms with Crippen molar-refractivity contribution in [3.8, 4) is 33.8 Å². The van der Waals surface area contributed by atoms with Gasteiger partial charge in [-0.3, -0.25) is 14.5 Å². The number of H-pyrrole nitrogens is 2. The van der Waals surface area contributed by atoms with E-state index in [9.17, 15) is 24.3 Å². The number of furan rings is 1. The van der Waals surface area contributed by atoms with Crippen LogP contribution in [-0.2, 0) is 14.3 Å². The molecule has 2 aliphatic rings. The van der Waals surface area contributed by atoms with Gasteiger partial charge in [-0.05, 0) is 73.9 Å². The molecule has 0 spiro atoms. The molecular weight excluding hydrogens is 764 g/mol. The first-order valence-electron chi connectivity index (χ1n) is 19.6. The van der Waals surface area contributed by atoms with Gasteiger partial charge in [-0.25, -0.2) is 19.6 Å². The lowest BCUT2D eigenvalue weighted by molar-refractivity contribution is -0.138. The van der Waals surface area contributed by atoms with Crippen LogP contribution in [0.5, 0.6) is 0 Å². The number of rotatable bonds is 11. The molecule has 5 aromatic rings. The van der Waals surface area contributed by atoms with Crippen LogP contribution >= 0.6 is 11.6 Å². The maximum Gasteiger partial charge on any atom is 0.407 e. The summed E-state index contributed by atoms with van der Waals surface area (Å²) < 4.78 is 11.0. The number of aromatic nitrogens is 4. The van der Waals surface area contributed by atoms with Crippen molar-refractivity contribution in [2.24, 2.45) is 11.8 Å². The molecule has 15 nitrogen and oxygen atoms in total.